The average Bonchev–Trinajstić information content (AvgIpc) is 3.39. The fourth-order valence-electron chi connectivity index (χ4n) is 4.02. The van der Waals surface area contributed by atoms with Crippen molar-refractivity contribution < 1.29 is 9.53 Å². The van der Waals surface area contributed by atoms with Crippen LogP contribution in [-0.4, -0.2) is 38.7 Å². The molecule has 1 amide bonds. The Balaban J connectivity index is 1.32. The number of benzene rings is 4. The maximum Gasteiger partial charge on any atom is 0.250 e. The highest BCUT2D eigenvalue weighted by Crippen LogP contribution is 2.29. The standard InChI is InChI=1S/C30H27N5O2S/c1-3-37-27-17-15-26(16-18-27)35-29(23-10-5-4-6-11-23)33-34-30(35)38-20-28(36)32-31-21(2)24-14-13-22-9-7-8-12-25(22)19-24/h4-19H,3,20H2,1-2H3,(H,32,36)/b31-21-. The Morgan fingerprint density at radius 3 is 2.42 bits per heavy atom. The van der Waals surface area contributed by atoms with Gasteiger partial charge in [-0.05, 0) is 60.5 Å². The summed E-state index contributed by atoms with van der Waals surface area (Å²) in [6.07, 6.45) is 0. The molecule has 0 aliphatic heterocycles. The number of carbonyl (C=O) groups excluding carboxylic acids is 1. The highest BCUT2D eigenvalue weighted by atomic mass is 32.2. The lowest BCUT2D eigenvalue weighted by molar-refractivity contribution is -0.118. The zero-order valence-electron chi connectivity index (χ0n) is 21.2. The van der Waals surface area contributed by atoms with Crippen molar-refractivity contribution in [1.29, 1.82) is 0 Å². The van der Waals surface area contributed by atoms with Gasteiger partial charge in [-0.1, -0.05) is 78.5 Å². The topological polar surface area (TPSA) is 81.4 Å². The summed E-state index contributed by atoms with van der Waals surface area (Å²) in [6, 6.07) is 31.9. The highest BCUT2D eigenvalue weighted by molar-refractivity contribution is 7.99. The van der Waals surface area contributed by atoms with Crippen molar-refractivity contribution in [3.8, 4) is 22.8 Å². The molecular weight excluding hydrogens is 494 g/mol. The molecule has 0 atom stereocenters. The van der Waals surface area contributed by atoms with Crippen LogP contribution < -0.4 is 10.2 Å². The van der Waals surface area contributed by atoms with Gasteiger partial charge in [0.05, 0.1) is 18.1 Å². The Hall–Kier alpha value is -4.43. The number of hydrogen-bond donors (Lipinski definition) is 1. The van der Waals surface area contributed by atoms with E-state index in [1.807, 2.05) is 91.2 Å². The number of ether oxygens (including phenoxy) is 1. The van der Waals surface area contributed by atoms with E-state index in [1.165, 1.54) is 11.8 Å². The van der Waals surface area contributed by atoms with Gasteiger partial charge in [-0.15, -0.1) is 10.2 Å². The number of nitrogens with zero attached hydrogens (tertiary/aromatic N) is 4. The average molecular weight is 522 g/mol. The Morgan fingerprint density at radius 2 is 1.66 bits per heavy atom. The summed E-state index contributed by atoms with van der Waals surface area (Å²) in [6.45, 7) is 4.43. The van der Waals surface area contributed by atoms with E-state index in [1.54, 1.807) is 0 Å². The van der Waals surface area contributed by atoms with E-state index >= 15 is 0 Å². The quantitative estimate of drug-likeness (QED) is 0.144. The number of hydrazone groups is 1. The van der Waals surface area contributed by atoms with Crippen molar-refractivity contribution in [2.24, 2.45) is 5.10 Å². The van der Waals surface area contributed by atoms with Crippen LogP contribution in [-0.2, 0) is 4.79 Å². The van der Waals surface area contributed by atoms with Crippen LogP contribution in [0.2, 0.25) is 0 Å². The monoisotopic (exact) mass is 521 g/mol. The predicted octanol–water partition coefficient (Wildman–Crippen LogP) is 6.12. The van der Waals surface area contributed by atoms with Crippen molar-refractivity contribution in [2.75, 3.05) is 12.4 Å². The third-order valence-electron chi connectivity index (χ3n) is 5.92. The summed E-state index contributed by atoms with van der Waals surface area (Å²) in [5, 5.41) is 16.1. The van der Waals surface area contributed by atoms with Crippen LogP contribution in [0.3, 0.4) is 0 Å². The molecule has 0 aliphatic rings. The summed E-state index contributed by atoms with van der Waals surface area (Å²) in [5.41, 5.74) is 6.18. The van der Waals surface area contributed by atoms with Crippen LogP contribution in [0.15, 0.2) is 107 Å². The fourth-order valence-corrected chi connectivity index (χ4v) is 4.76. The molecule has 0 spiro atoms. The minimum absolute atomic E-state index is 0.137. The maximum absolute atomic E-state index is 12.7. The first-order valence-corrected chi connectivity index (χ1v) is 13.3. The third-order valence-corrected chi connectivity index (χ3v) is 6.85. The zero-order valence-corrected chi connectivity index (χ0v) is 22.0. The number of amides is 1. The number of nitrogens with one attached hydrogen (secondary N) is 1. The van der Waals surface area contributed by atoms with Gasteiger partial charge in [0.2, 0.25) is 0 Å². The Bertz CT molecular complexity index is 1580. The van der Waals surface area contributed by atoms with Crippen molar-refractivity contribution in [3.05, 3.63) is 103 Å². The molecule has 0 unspecified atom stereocenters. The highest BCUT2D eigenvalue weighted by Gasteiger charge is 2.17. The number of thioether (sulfide) groups is 1. The van der Waals surface area contributed by atoms with Crippen molar-refractivity contribution in [3.63, 3.8) is 0 Å². The van der Waals surface area contributed by atoms with Crippen LogP contribution in [0.1, 0.15) is 19.4 Å². The molecule has 5 rings (SSSR count). The van der Waals surface area contributed by atoms with Gasteiger partial charge in [0.25, 0.3) is 5.91 Å². The van der Waals surface area contributed by atoms with E-state index in [9.17, 15) is 4.79 Å². The van der Waals surface area contributed by atoms with Gasteiger partial charge in [-0.3, -0.25) is 9.36 Å². The second kappa shape index (κ2) is 11.7. The number of fused-ring (bicyclic) bond motifs is 1. The molecule has 7 nitrogen and oxygen atoms in total. The second-order valence-corrected chi connectivity index (χ2v) is 9.46. The van der Waals surface area contributed by atoms with Gasteiger partial charge in [0.1, 0.15) is 5.75 Å². The minimum atomic E-state index is -0.224. The Kier molecular flexibility index (Phi) is 7.80. The Labute approximate surface area is 225 Å². The lowest BCUT2D eigenvalue weighted by Crippen LogP contribution is -2.21. The van der Waals surface area contributed by atoms with Crippen LogP contribution in [0.5, 0.6) is 5.75 Å². The zero-order chi connectivity index (χ0) is 26.3. The summed E-state index contributed by atoms with van der Waals surface area (Å²) in [7, 11) is 0. The molecule has 190 valence electrons. The molecule has 38 heavy (non-hydrogen) atoms. The van der Waals surface area contributed by atoms with Gasteiger partial charge in [-0.25, -0.2) is 5.43 Å². The summed E-state index contributed by atoms with van der Waals surface area (Å²) in [4.78, 5) is 12.7. The van der Waals surface area contributed by atoms with E-state index in [2.05, 4.69) is 45.0 Å². The number of carbonyl (C=O) groups is 1. The minimum Gasteiger partial charge on any atom is -0.494 e. The van der Waals surface area contributed by atoms with Crippen molar-refractivity contribution in [1.82, 2.24) is 20.2 Å². The summed E-state index contributed by atoms with van der Waals surface area (Å²) in [5.74, 6) is 1.40. The van der Waals surface area contributed by atoms with E-state index in [0.29, 0.717) is 17.6 Å². The molecule has 8 heteroatoms. The predicted molar refractivity (Wildman–Crippen MR) is 153 cm³/mol. The lowest BCUT2D eigenvalue weighted by Gasteiger charge is -2.11. The maximum atomic E-state index is 12.7. The lowest BCUT2D eigenvalue weighted by atomic mass is 10.0. The SMILES string of the molecule is CCOc1ccc(-n2c(SCC(=O)N/N=C(/C)c3ccc4ccccc4c3)nnc2-c2ccccc2)cc1. The molecule has 1 heterocycles. The summed E-state index contributed by atoms with van der Waals surface area (Å²) >= 11 is 1.31. The second-order valence-electron chi connectivity index (χ2n) is 8.52. The molecule has 0 saturated carbocycles. The molecule has 5 aromatic rings. The van der Waals surface area contributed by atoms with Gasteiger partial charge in [0.15, 0.2) is 11.0 Å². The molecule has 0 aliphatic carbocycles. The molecule has 4 aromatic carbocycles. The first kappa shape index (κ1) is 25.2. The van der Waals surface area contributed by atoms with E-state index in [-0.39, 0.29) is 11.7 Å². The van der Waals surface area contributed by atoms with Crippen LogP contribution in [0.4, 0.5) is 0 Å². The Morgan fingerprint density at radius 1 is 0.921 bits per heavy atom. The van der Waals surface area contributed by atoms with Gasteiger partial charge in [-0.2, -0.15) is 5.10 Å². The smallest absolute Gasteiger partial charge is 0.250 e. The van der Waals surface area contributed by atoms with Gasteiger partial charge < -0.3 is 4.74 Å². The molecule has 0 bridgehead atoms. The van der Waals surface area contributed by atoms with E-state index < -0.39 is 0 Å². The first-order valence-electron chi connectivity index (χ1n) is 12.3. The summed E-state index contributed by atoms with van der Waals surface area (Å²) < 4.78 is 7.54. The van der Waals surface area contributed by atoms with E-state index in [0.717, 1.165) is 39.0 Å². The van der Waals surface area contributed by atoms with Crippen LogP contribution in [0, 0.1) is 0 Å². The number of hydrogen-bond acceptors (Lipinski definition) is 6. The van der Waals surface area contributed by atoms with Crippen molar-refractivity contribution in [2.45, 2.75) is 19.0 Å². The molecule has 1 N–H and O–H groups in total. The molecule has 0 saturated heterocycles. The first-order chi connectivity index (χ1) is 18.6. The van der Waals surface area contributed by atoms with Crippen LogP contribution in [0.25, 0.3) is 27.8 Å². The third kappa shape index (κ3) is 5.76. The molecular formula is C30H27N5O2S. The van der Waals surface area contributed by atoms with E-state index in [4.69, 9.17) is 4.74 Å². The van der Waals surface area contributed by atoms with Gasteiger partial charge in [0, 0.05) is 11.3 Å². The molecule has 0 radical (unpaired) electrons. The van der Waals surface area contributed by atoms with Crippen molar-refractivity contribution >= 4 is 34.2 Å². The normalized spacial score (nSPS) is 11.5. The number of rotatable bonds is 9. The molecule has 1 aromatic heterocycles. The van der Waals surface area contributed by atoms with Gasteiger partial charge >= 0.3 is 0 Å². The van der Waals surface area contributed by atoms with Crippen LogP contribution >= 0.6 is 11.8 Å². The largest absolute Gasteiger partial charge is 0.494 e. The fraction of sp³-hybridized carbons (Fsp3) is 0.133. The molecule has 0 fully saturated rings. The number of aromatic nitrogens is 3.